The lowest BCUT2D eigenvalue weighted by molar-refractivity contribution is -0.134. The predicted octanol–water partition coefficient (Wildman–Crippen LogP) is 0.618. The number of likely N-dealkylation sites (N-methyl/N-ethyl adjacent to an activating group) is 1. The van der Waals surface area contributed by atoms with Crippen LogP contribution in [0.5, 0.6) is 0 Å². The van der Waals surface area contributed by atoms with Crippen molar-refractivity contribution in [3.05, 3.63) is 40.8 Å². The summed E-state index contributed by atoms with van der Waals surface area (Å²) >= 11 is 0. The zero-order valence-corrected chi connectivity index (χ0v) is 14.1. The highest BCUT2D eigenvalue weighted by molar-refractivity contribution is 5.83. The molecule has 1 aromatic carbocycles. The molecular weight excluding hydrogens is 320 g/mol. The van der Waals surface area contributed by atoms with Gasteiger partial charge < -0.3 is 9.80 Å². The first-order valence-corrected chi connectivity index (χ1v) is 8.54. The van der Waals surface area contributed by atoms with Crippen LogP contribution in [0.1, 0.15) is 19.3 Å². The van der Waals surface area contributed by atoms with Gasteiger partial charge in [0.15, 0.2) is 0 Å². The Morgan fingerprint density at radius 1 is 1.20 bits per heavy atom. The molecule has 7 heteroatoms. The molecule has 3 heterocycles. The summed E-state index contributed by atoms with van der Waals surface area (Å²) in [4.78, 5) is 45.0. The van der Waals surface area contributed by atoms with Crippen LogP contribution in [0.4, 0.5) is 0 Å². The molecule has 0 spiro atoms. The van der Waals surface area contributed by atoms with Gasteiger partial charge in [0.05, 0.1) is 17.2 Å². The van der Waals surface area contributed by atoms with Crippen LogP contribution in [-0.4, -0.2) is 56.8 Å². The van der Waals surface area contributed by atoms with Crippen molar-refractivity contribution in [1.29, 1.82) is 0 Å². The molecule has 2 aromatic rings. The maximum Gasteiger partial charge on any atom is 0.269 e. The van der Waals surface area contributed by atoms with Crippen LogP contribution in [0.15, 0.2) is 35.3 Å². The van der Waals surface area contributed by atoms with E-state index in [1.54, 1.807) is 18.0 Å². The molecule has 2 aliphatic rings. The minimum Gasteiger partial charge on any atom is -0.344 e. The Kier molecular flexibility index (Phi) is 3.78. The fourth-order valence-corrected chi connectivity index (χ4v) is 4.02. The minimum atomic E-state index is -0.289. The Balaban J connectivity index is 1.66. The number of hydrogen-bond donors (Lipinski definition) is 0. The van der Waals surface area contributed by atoms with Gasteiger partial charge >= 0.3 is 0 Å². The van der Waals surface area contributed by atoms with Crippen molar-refractivity contribution in [2.75, 3.05) is 13.6 Å². The SMILES string of the molecule is CN1C[C@@H]2CC[C@H](CC1=O)N2C(=O)Cn1c(=O)cnc2ccccc21. The van der Waals surface area contributed by atoms with E-state index < -0.39 is 0 Å². The molecule has 2 bridgehead atoms. The third-order valence-corrected chi connectivity index (χ3v) is 5.27. The lowest BCUT2D eigenvalue weighted by Gasteiger charge is -2.28. The van der Waals surface area contributed by atoms with E-state index in [0.29, 0.717) is 24.0 Å². The average Bonchev–Trinajstić information content (AvgIpc) is 2.93. The van der Waals surface area contributed by atoms with Crippen LogP contribution < -0.4 is 5.56 Å². The molecular formula is C18H20N4O3. The van der Waals surface area contributed by atoms with E-state index >= 15 is 0 Å². The molecule has 2 aliphatic heterocycles. The molecule has 0 N–H and O–H groups in total. The number of para-hydroxylation sites is 2. The second-order valence-corrected chi connectivity index (χ2v) is 6.84. The highest BCUT2D eigenvalue weighted by Crippen LogP contribution is 2.30. The molecule has 25 heavy (non-hydrogen) atoms. The predicted molar refractivity (Wildman–Crippen MR) is 91.9 cm³/mol. The molecule has 130 valence electrons. The van der Waals surface area contributed by atoms with Gasteiger partial charge in [0.25, 0.3) is 5.56 Å². The summed E-state index contributed by atoms with van der Waals surface area (Å²) in [5.74, 6) is -0.0226. The molecule has 0 saturated carbocycles. The van der Waals surface area contributed by atoms with Crippen molar-refractivity contribution in [2.45, 2.75) is 37.9 Å². The molecule has 2 fully saturated rings. The number of carbonyl (C=O) groups excluding carboxylic acids is 2. The van der Waals surface area contributed by atoms with Gasteiger partial charge in [-0.15, -0.1) is 0 Å². The van der Waals surface area contributed by atoms with Crippen molar-refractivity contribution in [1.82, 2.24) is 19.4 Å². The quantitative estimate of drug-likeness (QED) is 0.803. The summed E-state index contributed by atoms with van der Waals surface area (Å²) in [6, 6.07) is 7.28. The first-order valence-electron chi connectivity index (χ1n) is 8.54. The number of aromatic nitrogens is 2. The molecule has 4 rings (SSSR count). The lowest BCUT2D eigenvalue weighted by atomic mass is 10.1. The smallest absolute Gasteiger partial charge is 0.269 e. The topological polar surface area (TPSA) is 75.5 Å². The zero-order chi connectivity index (χ0) is 17.6. The Hall–Kier alpha value is -2.70. The van der Waals surface area contributed by atoms with Crippen molar-refractivity contribution >= 4 is 22.8 Å². The summed E-state index contributed by atoms with van der Waals surface area (Å²) in [5, 5.41) is 0. The zero-order valence-electron chi connectivity index (χ0n) is 14.1. The largest absolute Gasteiger partial charge is 0.344 e. The standard InChI is InChI=1S/C18H20N4O3/c1-20-10-13-7-6-12(8-16(20)23)22(13)18(25)11-21-15-5-3-2-4-14(15)19-9-17(21)24/h2-5,9,12-13H,6-8,10-11H2,1H3/t12-,13+/m1/s1. The maximum atomic E-state index is 13.0. The van der Waals surface area contributed by atoms with Crippen molar-refractivity contribution < 1.29 is 9.59 Å². The van der Waals surface area contributed by atoms with Gasteiger partial charge in [0, 0.05) is 32.1 Å². The van der Waals surface area contributed by atoms with Crippen LogP contribution in [0.2, 0.25) is 0 Å². The summed E-state index contributed by atoms with van der Waals surface area (Å²) in [5.41, 5.74) is 1.05. The molecule has 2 saturated heterocycles. The monoisotopic (exact) mass is 340 g/mol. The molecule has 0 aliphatic carbocycles. The van der Waals surface area contributed by atoms with Crippen LogP contribution in [-0.2, 0) is 16.1 Å². The Morgan fingerprint density at radius 3 is 2.80 bits per heavy atom. The molecule has 1 aromatic heterocycles. The Morgan fingerprint density at radius 2 is 1.96 bits per heavy atom. The van der Waals surface area contributed by atoms with E-state index in [0.717, 1.165) is 12.8 Å². The third-order valence-electron chi connectivity index (χ3n) is 5.27. The number of benzene rings is 1. The summed E-state index contributed by atoms with van der Waals surface area (Å²) in [7, 11) is 1.78. The lowest BCUT2D eigenvalue weighted by Crippen LogP contribution is -2.45. The summed E-state index contributed by atoms with van der Waals surface area (Å²) in [6.07, 6.45) is 3.37. The molecule has 2 atom stereocenters. The van der Waals surface area contributed by atoms with Gasteiger partial charge in [-0.1, -0.05) is 12.1 Å². The van der Waals surface area contributed by atoms with Crippen molar-refractivity contribution in [2.24, 2.45) is 0 Å². The van der Waals surface area contributed by atoms with E-state index in [2.05, 4.69) is 4.98 Å². The first-order chi connectivity index (χ1) is 12.0. The van der Waals surface area contributed by atoms with E-state index in [1.165, 1.54) is 10.8 Å². The second-order valence-electron chi connectivity index (χ2n) is 6.84. The second kappa shape index (κ2) is 5.98. The van der Waals surface area contributed by atoms with Crippen LogP contribution in [0.3, 0.4) is 0 Å². The number of carbonyl (C=O) groups is 2. The number of likely N-dealkylation sites (tertiary alicyclic amines) is 1. The Bertz CT molecular complexity index is 907. The number of rotatable bonds is 2. The van der Waals surface area contributed by atoms with Crippen LogP contribution in [0, 0.1) is 0 Å². The third kappa shape index (κ3) is 2.69. The minimum absolute atomic E-state index is 0.0211. The van der Waals surface area contributed by atoms with E-state index in [4.69, 9.17) is 0 Å². The van der Waals surface area contributed by atoms with Crippen LogP contribution >= 0.6 is 0 Å². The molecule has 0 unspecified atom stereocenters. The van der Waals surface area contributed by atoms with Crippen molar-refractivity contribution in [3.8, 4) is 0 Å². The molecule has 2 amide bonds. The first kappa shape index (κ1) is 15.8. The maximum absolute atomic E-state index is 13.0. The van der Waals surface area contributed by atoms with E-state index in [1.807, 2.05) is 23.1 Å². The van der Waals surface area contributed by atoms with Gasteiger partial charge in [-0.25, -0.2) is 4.98 Å². The summed E-state index contributed by atoms with van der Waals surface area (Å²) < 4.78 is 1.47. The number of fused-ring (bicyclic) bond motifs is 3. The average molecular weight is 340 g/mol. The van der Waals surface area contributed by atoms with Crippen LogP contribution in [0.25, 0.3) is 11.0 Å². The van der Waals surface area contributed by atoms with Gasteiger partial charge in [0.1, 0.15) is 6.54 Å². The summed E-state index contributed by atoms with van der Waals surface area (Å²) in [6.45, 7) is 0.542. The Labute approximate surface area is 144 Å². The molecule has 0 radical (unpaired) electrons. The molecule has 7 nitrogen and oxygen atoms in total. The van der Waals surface area contributed by atoms with Gasteiger partial charge in [-0.05, 0) is 25.0 Å². The fraction of sp³-hybridized carbons (Fsp3) is 0.444. The highest BCUT2D eigenvalue weighted by atomic mass is 16.2. The van der Waals surface area contributed by atoms with Gasteiger partial charge in [0.2, 0.25) is 11.8 Å². The fourth-order valence-electron chi connectivity index (χ4n) is 4.02. The van der Waals surface area contributed by atoms with E-state index in [-0.39, 0.29) is 36.0 Å². The number of nitrogens with zero attached hydrogens (tertiary/aromatic N) is 4. The van der Waals surface area contributed by atoms with Gasteiger partial charge in [-0.3, -0.25) is 19.0 Å². The van der Waals surface area contributed by atoms with Gasteiger partial charge in [-0.2, -0.15) is 0 Å². The highest BCUT2D eigenvalue weighted by Gasteiger charge is 2.41. The van der Waals surface area contributed by atoms with E-state index in [9.17, 15) is 14.4 Å². The number of amides is 2. The normalized spacial score (nSPS) is 23.2. The number of hydrogen-bond acceptors (Lipinski definition) is 4. The van der Waals surface area contributed by atoms with Crippen molar-refractivity contribution in [3.63, 3.8) is 0 Å².